The van der Waals surface area contributed by atoms with Crippen LogP contribution in [0.5, 0.6) is 5.75 Å². The Morgan fingerprint density at radius 3 is 2.63 bits per heavy atom. The van der Waals surface area contributed by atoms with E-state index < -0.39 is 33.7 Å². The molecule has 3 heterocycles. The number of phenols is 1. The normalized spacial score (nSPS) is 16.7. The number of aromatic nitrogens is 1. The van der Waals surface area contributed by atoms with E-state index in [-0.39, 0.29) is 35.2 Å². The van der Waals surface area contributed by atoms with Crippen molar-refractivity contribution in [2.75, 3.05) is 6.54 Å². The Balaban J connectivity index is 1.30. The molecule has 2 aromatic heterocycles. The monoisotopic (exact) mass is 545 g/mol. The minimum absolute atomic E-state index is 0.00176. The highest BCUT2D eigenvalue weighted by Gasteiger charge is 2.41. The number of furan rings is 1. The van der Waals surface area contributed by atoms with Crippen LogP contribution in [0.2, 0.25) is 0 Å². The Morgan fingerprint density at radius 1 is 1.13 bits per heavy atom. The van der Waals surface area contributed by atoms with Crippen LogP contribution in [-0.4, -0.2) is 41.3 Å². The lowest BCUT2D eigenvalue weighted by molar-refractivity contribution is -0.137. The number of alkyl halides is 3. The number of benzene rings is 2. The second-order valence-corrected chi connectivity index (χ2v) is 10.7. The number of amides is 1. The highest BCUT2D eigenvalue weighted by Crippen LogP contribution is 2.33. The van der Waals surface area contributed by atoms with Crippen LogP contribution in [0.15, 0.2) is 76.4 Å². The molecule has 0 radical (unpaired) electrons. The molecule has 0 saturated carbocycles. The number of para-hydroxylation sites is 1. The van der Waals surface area contributed by atoms with Gasteiger partial charge >= 0.3 is 6.18 Å². The van der Waals surface area contributed by atoms with E-state index in [4.69, 9.17) is 4.42 Å². The van der Waals surface area contributed by atoms with Crippen molar-refractivity contribution in [3.8, 4) is 17.0 Å². The third kappa shape index (κ3) is 4.96. The number of pyridine rings is 1. The molecular weight excluding hydrogens is 523 g/mol. The van der Waals surface area contributed by atoms with Crippen LogP contribution in [0.4, 0.5) is 13.2 Å². The van der Waals surface area contributed by atoms with Crippen LogP contribution in [-0.2, 0) is 27.5 Å². The summed E-state index contributed by atoms with van der Waals surface area (Å²) in [6, 6.07) is 13.8. The second kappa shape index (κ2) is 9.76. The van der Waals surface area contributed by atoms with Crippen LogP contribution < -0.4 is 5.32 Å². The zero-order valence-corrected chi connectivity index (χ0v) is 20.6. The number of carbonyl (C=O) groups is 1. The molecule has 1 aliphatic heterocycles. The molecule has 1 unspecified atom stereocenters. The van der Waals surface area contributed by atoms with E-state index in [1.54, 1.807) is 30.3 Å². The first-order chi connectivity index (χ1) is 18.0. The zero-order chi connectivity index (χ0) is 27.1. The van der Waals surface area contributed by atoms with Gasteiger partial charge in [-0.1, -0.05) is 24.3 Å². The van der Waals surface area contributed by atoms with E-state index in [1.807, 2.05) is 0 Å². The fourth-order valence-electron chi connectivity index (χ4n) is 4.42. The molecule has 38 heavy (non-hydrogen) atoms. The largest absolute Gasteiger partial charge is 0.507 e. The Kier molecular flexibility index (Phi) is 6.61. The van der Waals surface area contributed by atoms with Gasteiger partial charge in [0, 0.05) is 36.3 Å². The van der Waals surface area contributed by atoms with E-state index >= 15 is 0 Å². The summed E-state index contributed by atoms with van der Waals surface area (Å²) in [5, 5.41) is 13.3. The minimum atomic E-state index is -4.54. The molecule has 0 spiro atoms. The fraction of sp³-hybridized carbons (Fsp3) is 0.231. The summed E-state index contributed by atoms with van der Waals surface area (Å²) in [5.74, 6) is -0.685. The lowest BCUT2D eigenvalue weighted by Crippen LogP contribution is -2.45. The van der Waals surface area contributed by atoms with Crippen molar-refractivity contribution in [3.05, 3.63) is 78.0 Å². The third-order valence-electron chi connectivity index (χ3n) is 6.37. The molecule has 1 amide bonds. The molecule has 1 atom stereocenters. The molecule has 8 nitrogen and oxygen atoms in total. The maximum atomic E-state index is 13.3. The average molecular weight is 546 g/mol. The van der Waals surface area contributed by atoms with E-state index in [0.29, 0.717) is 35.6 Å². The van der Waals surface area contributed by atoms with Gasteiger partial charge in [-0.15, -0.1) is 0 Å². The van der Waals surface area contributed by atoms with Gasteiger partial charge in [0.15, 0.2) is 0 Å². The molecule has 5 rings (SSSR count). The van der Waals surface area contributed by atoms with Crippen LogP contribution in [0.1, 0.15) is 24.0 Å². The average Bonchev–Trinajstić information content (AvgIpc) is 3.56. The maximum Gasteiger partial charge on any atom is 0.417 e. The first-order valence-corrected chi connectivity index (χ1v) is 13.1. The SMILES string of the molecule is O=C(NCc1ccc(O)c(-c2ccc(C(F)(F)F)cn2)c1)C1CCCN1S(=O)(=O)c1cc2ccccc2o1. The zero-order valence-electron chi connectivity index (χ0n) is 19.8. The standard InChI is InChI=1S/C26H22F3N3O5S/c27-26(28,29)18-8-9-20(30-15-18)19-12-16(7-10-22(19)33)14-31-25(34)21-5-3-11-32(21)38(35,36)24-13-17-4-1-2-6-23(17)37-24/h1-2,4,6-10,12-13,15,21,33H,3,5,11,14H2,(H,31,34). The molecular formula is C26H22F3N3O5S. The topological polar surface area (TPSA) is 113 Å². The predicted molar refractivity (Wildman–Crippen MR) is 131 cm³/mol. The number of hydrogen-bond donors (Lipinski definition) is 2. The summed E-state index contributed by atoms with van der Waals surface area (Å²) in [7, 11) is -4.06. The molecule has 2 aromatic carbocycles. The van der Waals surface area contributed by atoms with Crippen molar-refractivity contribution in [1.82, 2.24) is 14.6 Å². The third-order valence-corrected chi connectivity index (χ3v) is 8.13. The van der Waals surface area contributed by atoms with Gasteiger partial charge in [-0.3, -0.25) is 9.78 Å². The van der Waals surface area contributed by atoms with Gasteiger partial charge in [-0.05, 0) is 48.7 Å². The predicted octanol–water partition coefficient (Wildman–Crippen LogP) is 4.69. The van der Waals surface area contributed by atoms with Crippen molar-refractivity contribution < 1.29 is 35.9 Å². The molecule has 1 saturated heterocycles. The van der Waals surface area contributed by atoms with Gasteiger partial charge in [0.05, 0.1) is 11.3 Å². The first-order valence-electron chi connectivity index (χ1n) is 11.7. The van der Waals surface area contributed by atoms with E-state index in [9.17, 15) is 31.5 Å². The van der Waals surface area contributed by atoms with Crippen LogP contribution >= 0.6 is 0 Å². The Bertz CT molecular complexity index is 1570. The Labute approximate surface area is 215 Å². The summed E-state index contributed by atoms with van der Waals surface area (Å²) < 4.78 is 71.7. The van der Waals surface area contributed by atoms with Gasteiger partial charge < -0.3 is 14.8 Å². The summed E-state index contributed by atoms with van der Waals surface area (Å²) >= 11 is 0. The van der Waals surface area contributed by atoms with Gasteiger partial charge in [0.1, 0.15) is 17.4 Å². The minimum Gasteiger partial charge on any atom is -0.507 e. The molecule has 12 heteroatoms. The van der Waals surface area contributed by atoms with Crippen molar-refractivity contribution >= 4 is 26.9 Å². The smallest absolute Gasteiger partial charge is 0.417 e. The quantitative estimate of drug-likeness (QED) is 0.364. The summed E-state index contributed by atoms with van der Waals surface area (Å²) in [6.45, 7) is 0.169. The van der Waals surface area contributed by atoms with Crippen LogP contribution in [0.25, 0.3) is 22.2 Å². The van der Waals surface area contributed by atoms with Crippen molar-refractivity contribution in [2.45, 2.75) is 36.7 Å². The lowest BCUT2D eigenvalue weighted by Gasteiger charge is -2.22. The lowest BCUT2D eigenvalue weighted by atomic mass is 10.1. The molecule has 0 bridgehead atoms. The molecule has 198 valence electrons. The van der Waals surface area contributed by atoms with Gasteiger partial charge in [0.2, 0.25) is 11.0 Å². The van der Waals surface area contributed by atoms with Crippen LogP contribution in [0.3, 0.4) is 0 Å². The van der Waals surface area contributed by atoms with Gasteiger partial charge in [-0.2, -0.15) is 17.5 Å². The molecule has 1 fully saturated rings. The number of rotatable bonds is 6. The van der Waals surface area contributed by atoms with E-state index in [2.05, 4.69) is 10.3 Å². The second-order valence-electron chi connectivity index (χ2n) is 8.88. The molecule has 4 aromatic rings. The number of sulfonamides is 1. The van der Waals surface area contributed by atoms with Gasteiger partial charge in [0.25, 0.3) is 10.0 Å². The van der Waals surface area contributed by atoms with Crippen LogP contribution in [0, 0.1) is 0 Å². The van der Waals surface area contributed by atoms with Gasteiger partial charge in [-0.25, -0.2) is 8.42 Å². The first kappa shape index (κ1) is 25.7. The highest BCUT2D eigenvalue weighted by atomic mass is 32.2. The van der Waals surface area contributed by atoms with E-state index in [1.165, 1.54) is 18.2 Å². The summed E-state index contributed by atoms with van der Waals surface area (Å²) in [5.41, 5.74) is 0.375. The molecule has 2 N–H and O–H groups in total. The summed E-state index contributed by atoms with van der Waals surface area (Å²) in [6.07, 6.45) is -3.02. The number of aromatic hydroxyl groups is 1. The number of fused-ring (bicyclic) bond motifs is 1. The van der Waals surface area contributed by atoms with Crippen molar-refractivity contribution in [3.63, 3.8) is 0 Å². The maximum absolute atomic E-state index is 13.3. The number of nitrogens with one attached hydrogen (secondary N) is 1. The number of phenolic OH excluding ortho intramolecular Hbond substituents is 1. The summed E-state index contributed by atoms with van der Waals surface area (Å²) in [4.78, 5) is 16.8. The van der Waals surface area contributed by atoms with E-state index in [0.717, 1.165) is 16.4 Å². The highest BCUT2D eigenvalue weighted by molar-refractivity contribution is 7.89. The van der Waals surface area contributed by atoms with Crippen molar-refractivity contribution in [2.24, 2.45) is 0 Å². The Morgan fingerprint density at radius 2 is 1.92 bits per heavy atom. The Hall–Kier alpha value is -3.90. The fourth-order valence-corrected chi connectivity index (χ4v) is 6.02. The number of halogens is 3. The number of hydrogen-bond acceptors (Lipinski definition) is 6. The van der Waals surface area contributed by atoms with Crippen molar-refractivity contribution in [1.29, 1.82) is 0 Å². The molecule has 0 aliphatic carbocycles. The molecule has 1 aliphatic rings. The number of carbonyl (C=O) groups excluding carboxylic acids is 1. The number of nitrogens with zero attached hydrogens (tertiary/aromatic N) is 2.